The van der Waals surface area contributed by atoms with Crippen molar-refractivity contribution in [3.63, 3.8) is 0 Å². The summed E-state index contributed by atoms with van der Waals surface area (Å²) in [6.07, 6.45) is 2.83. The monoisotopic (exact) mass is 478 g/mol. The first-order valence-corrected chi connectivity index (χ1v) is 12.1. The molecular weight excluding hydrogens is 451 g/mol. The molecule has 0 aromatic heterocycles. The minimum Gasteiger partial charge on any atom is -0.490 e. The Morgan fingerprint density at radius 3 is 2.41 bits per heavy atom. The zero-order valence-corrected chi connectivity index (χ0v) is 20.0. The third-order valence-electron chi connectivity index (χ3n) is 5.26. The second kappa shape index (κ2) is 11.1. The summed E-state index contributed by atoms with van der Waals surface area (Å²) in [5.74, 6) is 0.777. The number of anilines is 1. The number of carbonyl (C=O) groups excluding carboxylic acids is 1. The molecule has 0 radical (unpaired) electrons. The van der Waals surface area contributed by atoms with E-state index in [9.17, 15) is 9.18 Å². The molecule has 4 rings (SSSR count). The fourth-order valence-corrected chi connectivity index (χ4v) is 4.43. The lowest BCUT2D eigenvalue weighted by molar-refractivity contribution is -0.116. The van der Waals surface area contributed by atoms with Crippen LogP contribution in [-0.2, 0) is 17.8 Å². The molecule has 2 N–H and O–H groups in total. The van der Waals surface area contributed by atoms with E-state index in [-0.39, 0.29) is 17.2 Å². The van der Waals surface area contributed by atoms with E-state index >= 15 is 0 Å². The molecule has 7 heteroatoms. The van der Waals surface area contributed by atoms with Crippen LogP contribution >= 0.6 is 11.8 Å². The van der Waals surface area contributed by atoms with Crippen LogP contribution in [0.25, 0.3) is 6.08 Å². The SMILES string of the molecule is CCOc1cc(/C=C2\S[C@@H](Nc3ccc(CC)cc3)NC2=O)ccc1OCc1ccc(F)cc1. The van der Waals surface area contributed by atoms with Crippen LogP contribution in [0.3, 0.4) is 0 Å². The standard InChI is InChI=1S/C27H27FN2O3S/c1-3-18-7-12-22(13-8-18)29-27-30-26(31)25(34-27)16-20-9-14-23(24(15-20)32-4-2)33-17-19-5-10-21(28)11-6-19/h5-16,27,29H,3-4,17H2,1-2H3,(H,30,31)/b25-16-/t27-/m0/s1. The first-order chi connectivity index (χ1) is 16.5. The first kappa shape index (κ1) is 23.7. The highest BCUT2D eigenvalue weighted by atomic mass is 32.2. The van der Waals surface area contributed by atoms with Crippen molar-refractivity contribution in [1.29, 1.82) is 0 Å². The maximum Gasteiger partial charge on any atom is 0.260 e. The number of amides is 1. The Balaban J connectivity index is 1.44. The summed E-state index contributed by atoms with van der Waals surface area (Å²) in [4.78, 5) is 13.1. The molecule has 0 saturated carbocycles. The average Bonchev–Trinajstić information content (AvgIpc) is 3.18. The highest BCUT2D eigenvalue weighted by Gasteiger charge is 2.27. The van der Waals surface area contributed by atoms with Gasteiger partial charge in [0.25, 0.3) is 5.91 Å². The Morgan fingerprint density at radius 2 is 1.71 bits per heavy atom. The minimum absolute atomic E-state index is 0.123. The molecule has 0 aliphatic carbocycles. The largest absolute Gasteiger partial charge is 0.490 e. The smallest absolute Gasteiger partial charge is 0.260 e. The number of thioether (sulfide) groups is 1. The highest BCUT2D eigenvalue weighted by molar-refractivity contribution is 8.05. The number of benzene rings is 3. The maximum atomic E-state index is 13.1. The van der Waals surface area contributed by atoms with Gasteiger partial charge in [-0.15, -0.1) is 0 Å². The van der Waals surface area contributed by atoms with Crippen LogP contribution in [0, 0.1) is 5.82 Å². The topological polar surface area (TPSA) is 59.6 Å². The molecule has 3 aromatic carbocycles. The van der Waals surface area contributed by atoms with Gasteiger partial charge >= 0.3 is 0 Å². The van der Waals surface area contributed by atoms with Crippen LogP contribution in [-0.4, -0.2) is 18.0 Å². The predicted octanol–water partition coefficient (Wildman–Crippen LogP) is 5.97. The summed E-state index contributed by atoms with van der Waals surface area (Å²) in [6.45, 7) is 4.79. The number of hydrogen-bond acceptors (Lipinski definition) is 5. The maximum absolute atomic E-state index is 13.1. The number of nitrogens with one attached hydrogen (secondary N) is 2. The van der Waals surface area contributed by atoms with Crippen molar-refractivity contribution in [2.45, 2.75) is 32.4 Å². The lowest BCUT2D eigenvalue weighted by Crippen LogP contribution is -2.30. The van der Waals surface area contributed by atoms with E-state index in [1.807, 2.05) is 43.3 Å². The van der Waals surface area contributed by atoms with Gasteiger partial charge in [-0.05, 0) is 72.5 Å². The Kier molecular flexibility index (Phi) is 7.75. The predicted molar refractivity (Wildman–Crippen MR) is 135 cm³/mol. The minimum atomic E-state index is -0.281. The summed E-state index contributed by atoms with van der Waals surface area (Å²) in [6, 6.07) is 19.9. The van der Waals surface area contributed by atoms with E-state index in [1.165, 1.54) is 29.5 Å². The van der Waals surface area contributed by atoms with Crippen molar-refractivity contribution in [2.24, 2.45) is 0 Å². The number of hydrogen-bond donors (Lipinski definition) is 2. The highest BCUT2D eigenvalue weighted by Crippen LogP contribution is 2.34. The molecule has 5 nitrogen and oxygen atoms in total. The summed E-state index contributed by atoms with van der Waals surface area (Å²) in [7, 11) is 0. The lowest BCUT2D eigenvalue weighted by Gasteiger charge is -2.13. The average molecular weight is 479 g/mol. The molecule has 1 aliphatic rings. The molecule has 1 fully saturated rings. The van der Waals surface area contributed by atoms with Crippen LogP contribution in [0.2, 0.25) is 0 Å². The van der Waals surface area contributed by atoms with Gasteiger partial charge in [0.2, 0.25) is 0 Å². The third kappa shape index (κ3) is 6.11. The molecule has 0 spiro atoms. The Labute approximate surface area is 203 Å². The van der Waals surface area contributed by atoms with Gasteiger partial charge in [0.1, 0.15) is 12.4 Å². The molecule has 3 aromatic rings. The van der Waals surface area contributed by atoms with Crippen molar-refractivity contribution >= 4 is 29.4 Å². The number of rotatable bonds is 9. The summed E-state index contributed by atoms with van der Waals surface area (Å²) in [5.41, 5.74) is 3.68. The van der Waals surface area contributed by atoms with Gasteiger partial charge < -0.3 is 20.1 Å². The van der Waals surface area contributed by atoms with Crippen LogP contribution in [0.5, 0.6) is 11.5 Å². The normalized spacial score (nSPS) is 16.4. The molecule has 0 unspecified atom stereocenters. The fourth-order valence-electron chi connectivity index (χ4n) is 3.45. The van der Waals surface area contributed by atoms with E-state index in [4.69, 9.17) is 9.47 Å². The molecule has 1 saturated heterocycles. The number of halogens is 1. The first-order valence-electron chi connectivity index (χ1n) is 11.2. The van der Waals surface area contributed by atoms with E-state index < -0.39 is 0 Å². The Bertz CT molecular complexity index is 1160. The van der Waals surface area contributed by atoms with Crippen LogP contribution in [0.4, 0.5) is 10.1 Å². The van der Waals surface area contributed by atoms with Gasteiger partial charge in [-0.2, -0.15) is 0 Å². The number of carbonyl (C=O) groups is 1. The van der Waals surface area contributed by atoms with Crippen LogP contribution in [0.15, 0.2) is 71.6 Å². The van der Waals surface area contributed by atoms with Gasteiger partial charge in [-0.3, -0.25) is 4.79 Å². The van der Waals surface area contributed by atoms with Gasteiger partial charge in [0.05, 0.1) is 11.5 Å². The molecule has 1 aliphatic heterocycles. The van der Waals surface area contributed by atoms with Gasteiger partial charge in [-0.25, -0.2) is 4.39 Å². The van der Waals surface area contributed by atoms with Crippen molar-refractivity contribution in [2.75, 3.05) is 11.9 Å². The van der Waals surface area contributed by atoms with E-state index in [2.05, 4.69) is 29.7 Å². The van der Waals surface area contributed by atoms with Crippen molar-refractivity contribution in [3.05, 3.63) is 94.1 Å². The number of ether oxygens (including phenoxy) is 2. The zero-order valence-electron chi connectivity index (χ0n) is 19.1. The summed E-state index contributed by atoms with van der Waals surface area (Å²) >= 11 is 1.44. The van der Waals surface area contributed by atoms with Gasteiger partial charge in [-0.1, -0.05) is 49.0 Å². The second-order valence-corrected chi connectivity index (χ2v) is 8.88. The summed E-state index contributed by atoms with van der Waals surface area (Å²) < 4.78 is 24.8. The van der Waals surface area contributed by atoms with E-state index in [1.54, 1.807) is 12.1 Å². The molecular formula is C27H27FN2O3S. The zero-order chi connectivity index (χ0) is 23.9. The van der Waals surface area contributed by atoms with Crippen molar-refractivity contribution in [1.82, 2.24) is 5.32 Å². The second-order valence-electron chi connectivity index (χ2n) is 7.73. The van der Waals surface area contributed by atoms with Crippen molar-refractivity contribution in [3.8, 4) is 11.5 Å². The molecule has 0 bridgehead atoms. The molecule has 1 amide bonds. The van der Waals surface area contributed by atoms with Gasteiger partial charge in [0, 0.05) is 5.69 Å². The van der Waals surface area contributed by atoms with Crippen LogP contribution < -0.4 is 20.1 Å². The fraction of sp³-hybridized carbons (Fsp3) is 0.222. The Morgan fingerprint density at radius 1 is 0.971 bits per heavy atom. The number of aryl methyl sites for hydroxylation is 1. The quantitative estimate of drug-likeness (QED) is 0.371. The van der Waals surface area contributed by atoms with Crippen molar-refractivity contribution < 1.29 is 18.7 Å². The van der Waals surface area contributed by atoms with E-state index in [0.29, 0.717) is 29.6 Å². The summed E-state index contributed by atoms with van der Waals surface area (Å²) in [5, 5.41) is 6.29. The lowest BCUT2D eigenvalue weighted by atomic mass is 10.1. The molecule has 1 heterocycles. The van der Waals surface area contributed by atoms with Crippen LogP contribution in [0.1, 0.15) is 30.5 Å². The molecule has 176 valence electrons. The van der Waals surface area contributed by atoms with Gasteiger partial charge in [0.15, 0.2) is 17.0 Å². The Hall–Kier alpha value is -3.45. The third-order valence-corrected chi connectivity index (χ3v) is 6.29. The molecule has 1 atom stereocenters. The van der Waals surface area contributed by atoms with E-state index in [0.717, 1.165) is 23.2 Å². The molecule has 34 heavy (non-hydrogen) atoms.